The van der Waals surface area contributed by atoms with Gasteiger partial charge in [-0.3, -0.25) is 0 Å². The average molecular weight is 288 g/mol. The lowest BCUT2D eigenvalue weighted by atomic mass is 10.1. The molecule has 0 N–H and O–H groups in total. The van der Waals surface area contributed by atoms with Crippen molar-refractivity contribution in [3.05, 3.63) is 29.2 Å². The van der Waals surface area contributed by atoms with Gasteiger partial charge in [-0.25, -0.2) is 9.97 Å². The summed E-state index contributed by atoms with van der Waals surface area (Å²) in [4.78, 5) is 8.82. The fourth-order valence-corrected chi connectivity index (χ4v) is 2.24. The minimum atomic E-state index is 0.605. The van der Waals surface area contributed by atoms with Crippen molar-refractivity contribution in [2.24, 2.45) is 0 Å². The number of ether oxygens (including phenoxy) is 1. The number of aromatic nitrogens is 4. The Bertz CT molecular complexity index is 575. The van der Waals surface area contributed by atoms with Crippen LogP contribution in [0.2, 0.25) is 0 Å². The summed E-state index contributed by atoms with van der Waals surface area (Å²) >= 11 is 0. The molecule has 0 aromatic carbocycles. The van der Waals surface area contributed by atoms with Crippen LogP contribution in [0.1, 0.15) is 50.4 Å². The molecule has 114 valence electrons. The van der Waals surface area contributed by atoms with Crippen LogP contribution in [0, 0.1) is 6.92 Å². The number of hydrogen-bond acceptors (Lipinski definition) is 4. The summed E-state index contributed by atoms with van der Waals surface area (Å²) in [7, 11) is 0. The molecule has 0 fully saturated rings. The Morgan fingerprint density at radius 2 is 1.86 bits per heavy atom. The molecule has 0 saturated heterocycles. The van der Waals surface area contributed by atoms with Gasteiger partial charge < -0.3 is 4.74 Å². The lowest BCUT2D eigenvalue weighted by Gasteiger charge is -2.04. The van der Waals surface area contributed by atoms with Crippen LogP contribution >= 0.6 is 0 Å². The van der Waals surface area contributed by atoms with E-state index in [0.717, 1.165) is 36.9 Å². The van der Waals surface area contributed by atoms with E-state index in [1.54, 1.807) is 4.68 Å². The predicted molar refractivity (Wildman–Crippen MR) is 83.1 cm³/mol. The Labute approximate surface area is 126 Å². The van der Waals surface area contributed by atoms with Crippen LogP contribution in [0.15, 0.2) is 12.4 Å². The molecule has 21 heavy (non-hydrogen) atoms. The van der Waals surface area contributed by atoms with Crippen LogP contribution in [0.5, 0.6) is 5.88 Å². The first kappa shape index (κ1) is 15.5. The third-order valence-corrected chi connectivity index (χ3v) is 3.55. The second-order valence-corrected chi connectivity index (χ2v) is 5.06. The summed E-state index contributed by atoms with van der Waals surface area (Å²) < 4.78 is 7.46. The van der Waals surface area contributed by atoms with Crippen LogP contribution < -0.4 is 4.74 Å². The molecule has 0 amide bonds. The van der Waals surface area contributed by atoms with E-state index < -0.39 is 0 Å². The fourth-order valence-electron chi connectivity index (χ4n) is 2.24. The van der Waals surface area contributed by atoms with Crippen LogP contribution in [-0.2, 0) is 12.8 Å². The van der Waals surface area contributed by atoms with Crippen molar-refractivity contribution in [3.8, 4) is 11.8 Å². The average Bonchev–Trinajstić information content (AvgIpc) is 2.82. The number of rotatable bonds is 7. The zero-order valence-electron chi connectivity index (χ0n) is 13.4. The lowest BCUT2D eigenvalue weighted by molar-refractivity contribution is 0.320. The zero-order chi connectivity index (χ0) is 15.2. The first-order chi connectivity index (χ1) is 10.2. The van der Waals surface area contributed by atoms with E-state index in [-0.39, 0.29) is 0 Å². The highest BCUT2D eigenvalue weighted by Gasteiger charge is 2.17. The van der Waals surface area contributed by atoms with Gasteiger partial charge in [0.05, 0.1) is 12.3 Å². The van der Waals surface area contributed by atoms with Gasteiger partial charge in [0.25, 0.3) is 5.95 Å². The van der Waals surface area contributed by atoms with Crippen LogP contribution in [0.3, 0.4) is 0 Å². The summed E-state index contributed by atoms with van der Waals surface area (Å²) in [5.41, 5.74) is 3.36. The van der Waals surface area contributed by atoms with Crippen molar-refractivity contribution in [3.63, 3.8) is 0 Å². The molecule has 0 bridgehead atoms. The molecule has 0 radical (unpaired) electrons. The molecule has 0 atom stereocenters. The maximum atomic E-state index is 5.67. The van der Waals surface area contributed by atoms with Crippen LogP contribution in [0.25, 0.3) is 5.95 Å². The summed E-state index contributed by atoms with van der Waals surface area (Å²) in [5.74, 6) is 1.32. The maximum absolute atomic E-state index is 5.67. The maximum Gasteiger partial charge on any atom is 0.250 e. The zero-order valence-corrected chi connectivity index (χ0v) is 13.4. The van der Waals surface area contributed by atoms with Gasteiger partial charge in [0.2, 0.25) is 5.88 Å². The molecule has 2 rings (SSSR count). The van der Waals surface area contributed by atoms with E-state index >= 15 is 0 Å². The molecule has 2 heterocycles. The lowest BCUT2D eigenvalue weighted by Crippen LogP contribution is -2.05. The topological polar surface area (TPSA) is 52.8 Å². The third-order valence-electron chi connectivity index (χ3n) is 3.55. The number of unbranched alkanes of at least 4 members (excludes halogenated alkanes) is 1. The summed E-state index contributed by atoms with van der Waals surface area (Å²) in [6.45, 7) is 8.92. The molecule has 0 saturated carbocycles. The van der Waals surface area contributed by atoms with Crippen LogP contribution in [0.4, 0.5) is 0 Å². The molecular weight excluding hydrogens is 264 g/mol. The van der Waals surface area contributed by atoms with Crippen molar-refractivity contribution in [1.82, 2.24) is 19.7 Å². The number of nitrogens with zero attached hydrogens (tertiary/aromatic N) is 4. The second-order valence-electron chi connectivity index (χ2n) is 5.06. The Morgan fingerprint density at radius 3 is 2.43 bits per heavy atom. The molecular formula is C16H24N4O. The van der Waals surface area contributed by atoms with Gasteiger partial charge in [0, 0.05) is 18.0 Å². The quantitative estimate of drug-likeness (QED) is 0.784. The van der Waals surface area contributed by atoms with E-state index in [1.165, 1.54) is 5.56 Å². The SMILES string of the molecule is CCCCc1c(OCC)nn(-c2ncc(CC)cn2)c1C. The van der Waals surface area contributed by atoms with E-state index in [9.17, 15) is 0 Å². The molecule has 0 spiro atoms. The third kappa shape index (κ3) is 3.40. The van der Waals surface area contributed by atoms with Gasteiger partial charge in [-0.15, -0.1) is 5.10 Å². The van der Waals surface area contributed by atoms with Crippen molar-refractivity contribution >= 4 is 0 Å². The highest BCUT2D eigenvalue weighted by Crippen LogP contribution is 2.24. The molecule has 2 aromatic rings. The largest absolute Gasteiger partial charge is 0.477 e. The predicted octanol–water partition coefficient (Wildman–Crippen LogP) is 3.27. The standard InChI is InChI=1S/C16H24N4O/c1-5-8-9-14-12(4)20(19-15(14)21-7-3)16-17-10-13(6-2)11-18-16/h10-11H,5-9H2,1-4H3. The normalized spacial score (nSPS) is 10.9. The van der Waals surface area contributed by atoms with E-state index in [2.05, 4.69) is 35.8 Å². The highest BCUT2D eigenvalue weighted by molar-refractivity contribution is 5.34. The molecule has 5 heteroatoms. The second kappa shape index (κ2) is 7.20. The molecule has 0 aliphatic heterocycles. The van der Waals surface area contributed by atoms with Crippen molar-refractivity contribution in [2.45, 2.75) is 53.4 Å². The molecule has 5 nitrogen and oxygen atoms in total. The van der Waals surface area contributed by atoms with Gasteiger partial charge in [0.15, 0.2) is 0 Å². The van der Waals surface area contributed by atoms with Gasteiger partial charge in [0.1, 0.15) is 0 Å². The number of hydrogen-bond donors (Lipinski definition) is 0. The first-order valence-electron chi connectivity index (χ1n) is 7.73. The molecule has 0 aliphatic rings. The summed E-state index contributed by atoms with van der Waals surface area (Å²) in [6.07, 6.45) is 7.90. The van der Waals surface area contributed by atoms with Crippen molar-refractivity contribution in [1.29, 1.82) is 0 Å². The van der Waals surface area contributed by atoms with Gasteiger partial charge in [-0.05, 0) is 38.7 Å². The molecule has 2 aromatic heterocycles. The highest BCUT2D eigenvalue weighted by atomic mass is 16.5. The smallest absolute Gasteiger partial charge is 0.250 e. The van der Waals surface area contributed by atoms with Crippen molar-refractivity contribution in [2.75, 3.05) is 6.61 Å². The Kier molecular flexibility index (Phi) is 5.31. The van der Waals surface area contributed by atoms with E-state index in [0.29, 0.717) is 18.4 Å². The molecule has 0 aliphatic carbocycles. The van der Waals surface area contributed by atoms with Gasteiger partial charge in [-0.1, -0.05) is 20.3 Å². The Balaban J connectivity index is 2.37. The fraction of sp³-hybridized carbons (Fsp3) is 0.562. The van der Waals surface area contributed by atoms with Gasteiger partial charge >= 0.3 is 0 Å². The first-order valence-corrected chi connectivity index (χ1v) is 7.73. The van der Waals surface area contributed by atoms with E-state index in [1.807, 2.05) is 19.3 Å². The minimum absolute atomic E-state index is 0.605. The number of aryl methyl sites for hydroxylation is 1. The minimum Gasteiger partial charge on any atom is -0.477 e. The Hall–Kier alpha value is -1.91. The van der Waals surface area contributed by atoms with E-state index in [4.69, 9.17) is 4.74 Å². The van der Waals surface area contributed by atoms with Gasteiger partial charge in [-0.2, -0.15) is 4.68 Å². The van der Waals surface area contributed by atoms with Crippen LogP contribution in [-0.4, -0.2) is 26.4 Å². The Morgan fingerprint density at radius 1 is 1.14 bits per heavy atom. The summed E-state index contributed by atoms with van der Waals surface area (Å²) in [5, 5.41) is 4.55. The monoisotopic (exact) mass is 288 g/mol. The molecule has 0 unspecified atom stereocenters. The van der Waals surface area contributed by atoms with Crippen molar-refractivity contribution < 1.29 is 4.74 Å². The summed E-state index contributed by atoms with van der Waals surface area (Å²) in [6, 6.07) is 0.